The van der Waals surface area contributed by atoms with Crippen molar-refractivity contribution in [3.05, 3.63) is 18.0 Å². The van der Waals surface area contributed by atoms with E-state index in [1.807, 2.05) is 31.6 Å². The van der Waals surface area contributed by atoms with Crippen molar-refractivity contribution in [2.24, 2.45) is 0 Å². The first-order chi connectivity index (χ1) is 9.13. The van der Waals surface area contributed by atoms with Crippen molar-refractivity contribution in [3.63, 3.8) is 0 Å². The highest BCUT2D eigenvalue weighted by atomic mass is 32.2. The van der Waals surface area contributed by atoms with Crippen molar-refractivity contribution < 1.29 is 13.5 Å². The minimum atomic E-state index is -3.02. The van der Waals surface area contributed by atoms with Gasteiger partial charge in [0.25, 0.3) is 0 Å². The molecular weight excluding hydrogens is 276 g/mol. The summed E-state index contributed by atoms with van der Waals surface area (Å²) in [6, 6.07) is 0. The molecule has 3 rings (SSSR count). The Morgan fingerprint density at radius 2 is 1.85 bits per heavy atom. The first kappa shape index (κ1) is 14.1. The minimum Gasteiger partial charge on any atom is -0.385 e. The Morgan fingerprint density at radius 3 is 2.30 bits per heavy atom. The smallest absolute Gasteiger partial charge is 0.156 e. The average molecular weight is 298 g/mol. The van der Waals surface area contributed by atoms with E-state index < -0.39 is 15.4 Å². The van der Waals surface area contributed by atoms with Crippen LogP contribution >= 0.6 is 0 Å². The van der Waals surface area contributed by atoms with Crippen LogP contribution in [0.4, 0.5) is 0 Å². The molecule has 0 spiro atoms. The van der Waals surface area contributed by atoms with Crippen molar-refractivity contribution in [1.29, 1.82) is 0 Å². The van der Waals surface area contributed by atoms with Crippen LogP contribution in [0.3, 0.4) is 0 Å². The second-order valence-electron chi connectivity index (χ2n) is 7.19. The molecule has 1 aromatic heterocycles. The highest BCUT2D eigenvalue weighted by molar-refractivity contribution is 7.93. The van der Waals surface area contributed by atoms with Crippen LogP contribution in [0.2, 0.25) is 0 Å². The van der Waals surface area contributed by atoms with E-state index >= 15 is 0 Å². The van der Waals surface area contributed by atoms with E-state index in [-0.39, 0.29) is 16.0 Å². The van der Waals surface area contributed by atoms with Crippen LogP contribution in [0.15, 0.2) is 12.4 Å². The maximum Gasteiger partial charge on any atom is 0.156 e. The van der Waals surface area contributed by atoms with Crippen molar-refractivity contribution in [3.8, 4) is 0 Å². The topological polar surface area (TPSA) is 72.2 Å². The SMILES string of the molecule is CC(C)(C)n1cc(C2(O)CC3CCC(C2)S3(=O)=O)cn1. The molecule has 0 aliphatic carbocycles. The van der Waals surface area contributed by atoms with Crippen molar-refractivity contribution >= 4 is 9.84 Å². The highest BCUT2D eigenvalue weighted by Gasteiger charge is 2.53. The van der Waals surface area contributed by atoms with Gasteiger partial charge in [-0.05, 0) is 46.5 Å². The monoisotopic (exact) mass is 298 g/mol. The number of hydrogen-bond acceptors (Lipinski definition) is 4. The van der Waals surface area contributed by atoms with Crippen LogP contribution in [0.5, 0.6) is 0 Å². The van der Waals surface area contributed by atoms with E-state index in [0.29, 0.717) is 25.7 Å². The van der Waals surface area contributed by atoms with Gasteiger partial charge in [-0.1, -0.05) is 0 Å². The van der Waals surface area contributed by atoms with E-state index in [0.717, 1.165) is 5.56 Å². The molecule has 2 aliphatic heterocycles. The van der Waals surface area contributed by atoms with E-state index in [1.165, 1.54) is 0 Å². The number of fused-ring (bicyclic) bond motifs is 2. The lowest BCUT2D eigenvalue weighted by atomic mass is 9.88. The lowest BCUT2D eigenvalue weighted by Gasteiger charge is -2.35. The Bertz CT molecular complexity index is 607. The molecule has 2 aliphatic rings. The standard InChI is InChI=1S/C14H22N2O3S/c1-13(2,3)16-9-10(8-15-16)14(17)6-11-4-5-12(7-14)20(11,18)19/h8-9,11-12,17H,4-7H2,1-3H3. The lowest BCUT2D eigenvalue weighted by Crippen LogP contribution is -2.42. The first-order valence-corrected chi connectivity index (χ1v) is 8.75. The molecule has 2 saturated heterocycles. The molecule has 1 aromatic rings. The largest absolute Gasteiger partial charge is 0.385 e. The van der Waals surface area contributed by atoms with Gasteiger partial charge in [0.2, 0.25) is 0 Å². The number of nitrogens with zero attached hydrogens (tertiary/aromatic N) is 2. The summed E-state index contributed by atoms with van der Waals surface area (Å²) in [7, 11) is -3.02. The quantitative estimate of drug-likeness (QED) is 0.854. The minimum absolute atomic E-state index is 0.145. The van der Waals surface area contributed by atoms with Gasteiger partial charge in [-0.25, -0.2) is 8.42 Å². The summed E-state index contributed by atoms with van der Waals surface area (Å²) in [5, 5.41) is 14.5. The number of sulfone groups is 1. The molecule has 2 bridgehead atoms. The van der Waals surface area contributed by atoms with Gasteiger partial charge < -0.3 is 5.11 Å². The Morgan fingerprint density at radius 1 is 1.30 bits per heavy atom. The maximum absolute atomic E-state index is 12.1. The van der Waals surface area contributed by atoms with Crippen LogP contribution in [0.1, 0.15) is 52.0 Å². The van der Waals surface area contributed by atoms with Gasteiger partial charge in [-0.15, -0.1) is 0 Å². The third-order valence-electron chi connectivity index (χ3n) is 4.68. The van der Waals surface area contributed by atoms with E-state index in [4.69, 9.17) is 0 Å². The summed E-state index contributed by atoms with van der Waals surface area (Å²) in [6.45, 7) is 6.13. The van der Waals surface area contributed by atoms with Crippen LogP contribution in [-0.4, -0.2) is 33.8 Å². The summed E-state index contributed by atoms with van der Waals surface area (Å²) < 4.78 is 26.1. The Kier molecular flexibility index (Phi) is 2.86. The third kappa shape index (κ3) is 2.00. The van der Waals surface area contributed by atoms with Gasteiger partial charge >= 0.3 is 0 Å². The fraction of sp³-hybridized carbons (Fsp3) is 0.786. The Balaban J connectivity index is 1.93. The van der Waals surface area contributed by atoms with Gasteiger partial charge in [0.05, 0.1) is 27.8 Å². The Hall–Kier alpha value is -0.880. The zero-order valence-corrected chi connectivity index (χ0v) is 13.0. The Labute approximate surface area is 119 Å². The molecule has 5 nitrogen and oxygen atoms in total. The predicted molar refractivity (Wildman–Crippen MR) is 76.1 cm³/mol. The second-order valence-corrected chi connectivity index (χ2v) is 9.71. The molecule has 1 N–H and O–H groups in total. The average Bonchev–Trinajstić information content (AvgIpc) is 2.84. The molecule has 0 saturated carbocycles. The molecule has 0 radical (unpaired) electrons. The van der Waals surface area contributed by atoms with Crippen molar-refractivity contribution in [2.75, 3.05) is 0 Å². The normalized spacial score (nSPS) is 36.2. The summed E-state index contributed by atoms with van der Waals surface area (Å²) in [5.74, 6) is 0. The third-order valence-corrected chi connectivity index (χ3v) is 7.34. The summed E-state index contributed by atoms with van der Waals surface area (Å²) in [5.41, 5.74) is -0.436. The zero-order chi connectivity index (χ0) is 14.8. The van der Waals surface area contributed by atoms with Gasteiger partial charge in [0, 0.05) is 11.8 Å². The summed E-state index contributed by atoms with van der Waals surface area (Å²) >= 11 is 0. The molecule has 0 amide bonds. The summed E-state index contributed by atoms with van der Waals surface area (Å²) in [4.78, 5) is 0. The number of rotatable bonds is 1. The van der Waals surface area contributed by atoms with Gasteiger partial charge in [0.1, 0.15) is 0 Å². The zero-order valence-electron chi connectivity index (χ0n) is 12.2. The fourth-order valence-electron chi connectivity index (χ4n) is 3.41. The van der Waals surface area contributed by atoms with Gasteiger partial charge in [0.15, 0.2) is 9.84 Å². The lowest BCUT2D eigenvalue weighted by molar-refractivity contribution is 0.0171. The predicted octanol–water partition coefficient (Wildman–Crippen LogP) is 1.57. The summed E-state index contributed by atoms with van der Waals surface area (Å²) in [6.07, 6.45) is 5.52. The number of aliphatic hydroxyl groups is 1. The second kappa shape index (κ2) is 4.07. The van der Waals surface area contributed by atoms with Crippen LogP contribution < -0.4 is 0 Å². The molecule has 20 heavy (non-hydrogen) atoms. The van der Waals surface area contributed by atoms with Gasteiger partial charge in [-0.2, -0.15) is 5.10 Å². The first-order valence-electron chi connectivity index (χ1n) is 7.14. The molecular formula is C14H22N2O3S. The molecule has 6 heteroatoms. The van der Waals surface area contributed by atoms with Crippen LogP contribution in [-0.2, 0) is 21.0 Å². The van der Waals surface area contributed by atoms with E-state index in [2.05, 4.69) is 5.10 Å². The highest BCUT2D eigenvalue weighted by Crippen LogP contribution is 2.47. The van der Waals surface area contributed by atoms with E-state index in [1.54, 1.807) is 6.20 Å². The van der Waals surface area contributed by atoms with Crippen LogP contribution in [0.25, 0.3) is 0 Å². The van der Waals surface area contributed by atoms with Gasteiger partial charge in [-0.3, -0.25) is 4.68 Å². The van der Waals surface area contributed by atoms with Crippen molar-refractivity contribution in [1.82, 2.24) is 9.78 Å². The molecule has 2 fully saturated rings. The molecule has 0 aromatic carbocycles. The number of hydrogen-bond donors (Lipinski definition) is 1. The molecule has 3 heterocycles. The molecule has 2 unspecified atom stereocenters. The van der Waals surface area contributed by atoms with Crippen molar-refractivity contribution in [2.45, 2.75) is 68.1 Å². The fourth-order valence-corrected chi connectivity index (χ4v) is 5.90. The van der Waals surface area contributed by atoms with Crippen LogP contribution in [0, 0.1) is 0 Å². The number of aromatic nitrogens is 2. The maximum atomic E-state index is 12.1. The van der Waals surface area contributed by atoms with E-state index in [9.17, 15) is 13.5 Å². The molecule has 2 atom stereocenters. The molecule has 112 valence electrons.